The van der Waals surface area contributed by atoms with Crippen LogP contribution < -0.4 is 0 Å². The number of amides is 2. The number of ether oxygens (including phenoxy) is 2. The number of carbonyl (C=O) groups is 4. The lowest BCUT2D eigenvalue weighted by Gasteiger charge is -2.39. The third-order valence-electron chi connectivity index (χ3n) is 8.62. The van der Waals surface area contributed by atoms with Crippen LogP contribution in [0.3, 0.4) is 0 Å². The van der Waals surface area contributed by atoms with Crippen molar-refractivity contribution in [1.82, 2.24) is 9.80 Å². The van der Waals surface area contributed by atoms with Gasteiger partial charge in [0.15, 0.2) is 0 Å². The van der Waals surface area contributed by atoms with Crippen LogP contribution >= 0.6 is 0 Å². The topological polar surface area (TPSA) is 113 Å². The third-order valence-corrected chi connectivity index (χ3v) is 8.62. The molecule has 0 radical (unpaired) electrons. The highest BCUT2D eigenvalue weighted by Crippen LogP contribution is 2.30. The molecule has 2 rings (SSSR count). The Bertz CT molecular complexity index is 985. The molecule has 1 aliphatic heterocycles. The minimum Gasteiger partial charge on any atom is -0.481 e. The predicted octanol–water partition coefficient (Wildman–Crippen LogP) is 3.83. The summed E-state index contributed by atoms with van der Waals surface area (Å²) in [4.78, 5) is 54.6. The van der Waals surface area contributed by atoms with Crippen LogP contribution in [0.2, 0.25) is 0 Å². The summed E-state index contributed by atoms with van der Waals surface area (Å²) in [5, 5.41) is 9.80. The molecule has 1 heterocycles. The summed E-state index contributed by atoms with van der Waals surface area (Å²) < 4.78 is 11.6. The van der Waals surface area contributed by atoms with E-state index in [0.717, 1.165) is 18.4 Å². The summed E-state index contributed by atoms with van der Waals surface area (Å²) in [6.45, 7) is 7.92. The number of Topliss-reactive ketones (excluding diaryl/α,β-unsaturated/α-hetero) is 1. The van der Waals surface area contributed by atoms with E-state index >= 15 is 0 Å². The maximum atomic E-state index is 13.6. The van der Waals surface area contributed by atoms with Gasteiger partial charge in [0.05, 0.1) is 36.6 Å². The van der Waals surface area contributed by atoms with E-state index in [1.54, 1.807) is 30.9 Å². The van der Waals surface area contributed by atoms with Crippen molar-refractivity contribution in [3.8, 4) is 0 Å². The van der Waals surface area contributed by atoms with Gasteiger partial charge in [-0.2, -0.15) is 0 Å². The van der Waals surface area contributed by atoms with E-state index < -0.39 is 30.0 Å². The molecular formula is C31H48N2O7. The second-order valence-corrected chi connectivity index (χ2v) is 11.2. The van der Waals surface area contributed by atoms with Crippen molar-refractivity contribution < 1.29 is 33.8 Å². The van der Waals surface area contributed by atoms with E-state index in [2.05, 4.69) is 6.92 Å². The Labute approximate surface area is 239 Å². The van der Waals surface area contributed by atoms with Crippen LogP contribution in [0.25, 0.3) is 0 Å². The van der Waals surface area contributed by atoms with Crippen LogP contribution in [-0.2, 0) is 35.1 Å². The number of likely N-dealkylation sites (N-methyl/N-ethyl adjacent to an activating group) is 1. The van der Waals surface area contributed by atoms with Crippen LogP contribution in [0.1, 0.15) is 65.4 Å². The number of benzene rings is 1. The molecule has 9 nitrogen and oxygen atoms in total. The summed E-state index contributed by atoms with van der Waals surface area (Å²) in [6.07, 6.45) is 1.53. The maximum Gasteiger partial charge on any atom is 0.307 e. The lowest BCUT2D eigenvalue weighted by Crippen LogP contribution is -2.52. The highest BCUT2D eigenvalue weighted by molar-refractivity contribution is 5.86. The van der Waals surface area contributed by atoms with Crippen LogP contribution in [0.5, 0.6) is 0 Å². The van der Waals surface area contributed by atoms with E-state index in [1.807, 2.05) is 37.3 Å². The van der Waals surface area contributed by atoms with Crippen LogP contribution in [-0.4, -0.2) is 90.6 Å². The number of nitrogens with zero attached hydrogens (tertiary/aromatic N) is 2. The number of carbonyl (C=O) groups excluding carboxylic acids is 3. The summed E-state index contributed by atoms with van der Waals surface area (Å²) in [5.74, 6) is -2.68. The molecule has 7 atom stereocenters. The first-order valence-corrected chi connectivity index (χ1v) is 14.3. The zero-order valence-corrected chi connectivity index (χ0v) is 25.2. The molecule has 0 bridgehead atoms. The smallest absolute Gasteiger partial charge is 0.307 e. The van der Waals surface area contributed by atoms with Gasteiger partial charge < -0.3 is 24.4 Å². The Morgan fingerprint density at radius 3 is 2.25 bits per heavy atom. The summed E-state index contributed by atoms with van der Waals surface area (Å²) in [6, 6.07) is 8.72. The average Bonchev–Trinajstić information content (AvgIpc) is 3.42. The van der Waals surface area contributed by atoms with Gasteiger partial charge in [0.2, 0.25) is 11.8 Å². The molecule has 1 unspecified atom stereocenters. The van der Waals surface area contributed by atoms with Crippen molar-refractivity contribution in [1.29, 1.82) is 0 Å². The molecule has 1 aromatic rings. The highest BCUT2D eigenvalue weighted by Gasteiger charge is 2.42. The lowest BCUT2D eigenvalue weighted by molar-refractivity contribution is -0.146. The maximum absolute atomic E-state index is 13.6. The zero-order chi connectivity index (χ0) is 30.0. The van der Waals surface area contributed by atoms with Gasteiger partial charge in [-0.1, -0.05) is 57.5 Å². The van der Waals surface area contributed by atoms with Gasteiger partial charge in [-0.05, 0) is 30.7 Å². The number of likely N-dealkylation sites (tertiary alicyclic amines) is 1. The van der Waals surface area contributed by atoms with Gasteiger partial charge in [0, 0.05) is 47.1 Å². The van der Waals surface area contributed by atoms with E-state index in [0.29, 0.717) is 13.0 Å². The number of rotatable bonds is 16. The zero-order valence-electron chi connectivity index (χ0n) is 25.2. The van der Waals surface area contributed by atoms with Crippen LogP contribution in [0.4, 0.5) is 0 Å². The number of methoxy groups -OCH3 is 2. The second-order valence-electron chi connectivity index (χ2n) is 11.2. The Hall–Kier alpha value is -2.78. The van der Waals surface area contributed by atoms with Gasteiger partial charge in [-0.15, -0.1) is 0 Å². The number of carboxylic acid groups (broad SMARTS) is 1. The third kappa shape index (κ3) is 8.61. The van der Waals surface area contributed by atoms with Gasteiger partial charge in [-0.3, -0.25) is 19.2 Å². The van der Waals surface area contributed by atoms with Crippen molar-refractivity contribution in [3.63, 3.8) is 0 Å². The van der Waals surface area contributed by atoms with Gasteiger partial charge in [0.25, 0.3) is 0 Å². The molecule has 1 N–H and O–H groups in total. The number of aliphatic carboxylic acids is 1. The molecule has 40 heavy (non-hydrogen) atoms. The van der Waals surface area contributed by atoms with Gasteiger partial charge in [-0.25, -0.2) is 0 Å². The summed E-state index contributed by atoms with van der Waals surface area (Å²) in [7, 11) is 4.84. The van der Waals surface area contributed by atoms with Crippen molar-refractivity contribution >= 4 is 23.6 Å². The molecule has 0 aliphatic carbocycles. The molecule has 1 saturated heterocycles. The Morgan fingerprint density at radius 1 is 1.07 bits per heavy atom. The molecular weight excluding hydrogens is 512 g/mol. The first kappa shape index (κ1) is 33.4. The monoisotopic (exact) mass is 560 g/mol. The van der Waals surface area contributed by atoms with Crippen LogP contribution in [0, 0.1) is 17.8 Å². The van der Waals surface area contributed by atoms with E-state index in [4.69, 9.17) is 9.47 Å². The Morgan fingerprint density at radius 2 is 1.73 bits per heavy atom. The highest BCUT2D eigenvalue weighted by atomic mass is 16.5. The fraction of sp³-hybridized carbons (Fsp3) is 0.677. The molecule has 9 heteroatoms. The van der Waals surface area contributed by atoms with E-state index in [9.17, 15) is 24.3 Å². The predicted molar refractivity (Wildman–Crippen MR) is 153 cm³/mol. The fourth-order valence-corrected chi connectivity index (χ4v) is 5.98. The average molecular weight is 561 g/mol. The van der Waals surface area contributed by atoms with Crippen molar-refractivity contribution in [2.45, 2.75) is 90.5 Å². The van der Waals surface area contributed by atoms with Crippen LogP contribution in [0.15, 0.2) is 30.3 Å². The quantitative estimate of drug-likeness (QED) is 0.327. The second kappa shape index (κ2) is 15.9. The summed E-state index contributed by atoms with van der Waals surface area (Å²) >= 11 is 0. The minimum absolute atomic E-state index is 0.0856. The summed E-state index contributed by atoms with van der Waals surface area (Å²) in [5.41, 5.74) is 0.866. The SMILES string of the molecule is CC[C@H](C)C([C@@H](CC(=O)N1CCC[C@H]1[C@H](OC)[C@@H](C)C(=O)C[C@@H](Cc1ccccc1)C(=O)O)OC)N(C)C(C)=O. The fourth-order valence-electron chi connectivity index (χ4n) is 5.98. The molecule has 1 aromatic carbocycles. The molecule has 0 spiro atoms. The Kier molecular flexibility index (Phi) is 13.3. The molecule has 0 saturated carbocycles. The van der Waals surface area contributed by atoms with E-state index in [1.165, 1.54) is 14.0 Å². The minimum atomic E-state index is -1.01. The van der Waals surface area contributed by atoms with Gasteiger partial charge in [0.1, 0.15) is 5.78 Å². The molecule has 2 amide bonds. The standard InChI is InChI=1S/C31H48N2O7/c1-8-20(2)29(32(5)22(4)34)27(39-6)19-28(36)33-16-12-15-25(33)30(40-7)21(3)26(35)18-24(31(37)38)17-23-13-10-9-11-14-23/h9-11,13-14,20-21,24-25,27,29-30H,8,12,15-19H2,1-7H3,(H,37,38)/t20-,21-,24+,25-,27+,29?,30+/m0/s1. The molecule has 1 fully saturated rings. The normalized spacial score (nSPS) is 19.8. The van der Waals surface area contributed by atoms with Crippen molar-refractivity contribution in [2.24, 2.45) is 17.8 Å². The number of ketones is 1. The first-order chi connectivity index (χ1) is 19.0. The molecule has 0 aromatic heterocycles. The number of hydrogen-bond acceptors (Lipinski definition) is 6. The molecule has 224 valence electrons. The molecule has 1 aliphatic rings. The lowest BCUT2D eigenvalue weighted by atomic mass is 9.85. The van der Waals surface area contributed by atoms with Crippen molar-refractivity contribution in [3.05, 3.63) is 35.9 Å². The number of hydrogen-bond donors (Lipinski definition) is 1. The Balaban J connectivity index is 2.16. The first-order valence-electron chi connectivity index (χ1n) is 14.3. The van der Waals surface area contributed by atoms with E-state index in [-0.39, 0.29) is 54.9 Å². The van der Waals surface area contributed by atoms with Gasteiger partial charge >= 0.3 is 5.97 Å². The number of carboxylic acids is 1. The van der Waals surface area contributed by atoms with Crippen molar-refractivity contribution in [2.75, 3.05) is 27.8 Å². The largest absolute Gasteiger partial charge is 0.481 e.